The molecule has 0 spiro atoms. The van der Waals surface area contributed by atoms with Crippen LogP contribution in [0.15, 0.2) is 6.07 Å². The smallest absolute Gasteiger partial charge is 0.124 e. The van der Waals surface area contributed by atoms with Crippen LogP contribution in [0.4, 0.5) is 5.82 Å². The maximum Gasteiger partial charge on any atom is 0.124 e. The second kappa shape index (κ2) is 4.66. The highest BCUT2D eigenvalue weighted by atomic mass is 16.5. The van der Waals surface area contributed by atoms with Crippen LogP contribution < -0.4 is 5.32 Å². The lowest BCUT2D eigenvalue weighted by Crippen LogP contribution is -2.30. The third kappa shape index (κ3) is 2.50. The Hall–Kier alpha value is -1.03. The minimum Gasteiger partial charge on any atom is -0.379 e. The molecule has 1 aliphatic heterocycles. The van der Waals surface area contributed by atoms with Crippen molar-refractivity contribution in [1.82, 2.24) is 9.78 Å². The lowest BCUT2D eigenvalue weighted by Gasteiger charge is -2.23. The van der Waals surface area contributed by atoms with E-state index in [9.17, 15) is 0 Å². The Kier molecular flexibility index (Phi) is 3.26. The first-order valence-corrected chi connectivity index (χ1v) is 5.66. The molecule has 15 heavy (non-hydrogen) atoms. The van der Waals surface area contributed by atoms with Gasteiger partial charge in [0.25, 0.3) is 0 Å². The standard InChI is InChI=1S/C11H19N3O/c1-3-9-7-11(14(2)13-9)12-10-5-4-6-15-8-10/h7,10,12H,3-6,8H2,1-2H3. The summed E-state index contributed by atoms with van der Waals surface area (Å²) < 4.78 is 7.35. The van der Waals surface area contributed by atoms with Gasteiger partial charge < -0.3 is 10.1 Å². The van der Waals surface area contributed by atoms with Gasteiger partial charge >= 0.3 is 0 Å². The monoisotopic (exact) mass is 209 g/mol. The fourth-order valence-corrected chi connectivity index (χ4v) is 1.90. The van der Waals surface area contributed by atoms with Gasteiger partial charge in [0.05, 0.1) is 18.3 Å². The molecule has 1 N–H and O–H groups in total. The fourth-order valence-electron chi connectivity index (χ4n) is 1.90. The fraction of sp³-hybridized carbons (Fsp3) is 0.727. The molecule has 0 bridgehead atoms. The quantitative estimate of drug-likeness (QED) is 0.821. The van der Waals surface area contributed by atoms with Gasteiger partial charge in [0, 0.05) is 19.7 Å². The minimum absolute atomic E-state index is 0.443. The van der Waals surface area contributed by atoms with Gasteiger partial charge in [0.15, 0.2) is 0 Å². The molecule has 84 valence electrons. The zero-order valence-electron chi connectivity index (χ0n) is 9.49. The van der Waals surface area contributed by atoms with E-state index in [1.165, 1.54) is 6.42 Å². The molecule has 4 nitrogen and oxygen atoms in total. The van der Waals surface area contributed by atoms with Crippen molar-refractivity contribution in [1.29, 1.82) is 0 Å². The minimum atomic E-state index is 0.443. The Morgan fingerprint density at radius 3 is 3.13 bits per heavy atom. The number of aryl methyl sites for hydroxylation is 2. The highest BCUT2D eigenvalue weighted by Crippen LogP contribution is 2.15. The summed E-state index contributed by atoms with van der Waals surface area (Å²) in [6, 6.07) is 2.56. The highest BCUT2D eigenvalue weighted by molar-refractivity contribution is 5.38. The Labute approximate surface area is 90.6 Å². The number of ether oxygens (including phenoxy) is 1. The van der Waals surface area contributed by atoms with Crippen LogP contribution in [0.1, 0.15) is 25.5 Å². The Bertz CT molecular complexity index is 316. The second-order valence-corrected chi connectivity index (χ2v) is 4.06. The first-order chi connectivity index (χ1) is 7.29. The molecule has 1 aromatic rings. The SMILES string of the molecule is CCc1cc(NC2CCCOC2)n(C)n1. The van der Waals surface area contributed by atoms with Crippen molar-refractivity contribution in [2.45, 2.75) is 32.2 Å². The molecule has 4 heteroatoms. The summed E-state index contributed by atoms with van der Waals surface area (Å²) >= 11 is 0. The van der Waals surface area contributed by atoms with E-state index in [4.69, 9.17) is 4.74 Å². The van der Waals surface area contributed by atoms with Gasteiger partial charge in [-0.15, -0.1) is 0 Å². The van der Waals surface area contributed by atoms with Crippen molar-refractivity contribution < 1.29 is 4.74 Å². The van der Waals surface area contributed by atoms with Gasteiger partial charge in [-0.05, 0) is 19.3 Å². The molecule has 1 aromatic heterocycles. The number of hydrogen-bond donors (Lipinski definition) is 1. The van der Waals surface area contributed by atoms with Crippen LogP contribution in [-0.4, -0.2) is 29.0 Å². The number of nitrogens with zero attached hydrogens (tertiary/aromatic N) is 2. The Morgan fingerprint density at radius 2 is 2.53 bits per heavy atom. The van der Waals surface area contributed by atoms with Crippen LogP contribution in [-0.2, 0) is 18.2 Å². The number of aromatic nitrogens is 2. The van der Waals surface area contributed by atoms with E-state index in [0.717, 1.165) is 37.6 Å². The van der Waals surface area contributed by atoms with Gasteiger partial charge in [0.1, 0.15) is 5.82 Å². The predicted molar refractivity (Wildman–Crippen MR) is 60.0 cm³/mol. The zero-order valence-corrected chi connectivity index (χ0v) is 9.49. The van der Waals surface area contributed by atoms with Crippen LogP contribution >= 0.6 is 0 Å². The molecule has 1 aliphatic rings. The maximum atomic E-state index is 5.44. The summed E-state index contributed by atoms with van der Waals surface area (Å²) in [7, 11) is 1.98. The maximum absolute atomic E-state index is 5.44. The molecule has 0 aliphatic carbocycles. The molecule has 1 unspecified atom stereocenters. The molecule has 0 amide bonds. The van der Waals surface area contributed by atoms with E-state index in [1.807, 2.05) is 11.7 Å². The third-order valence-electron chi connectivity index (χ3n) is 2.80. The topological polar surface area (TPSA) is 39.1 Å². The predicted octanol–water partition coefficient (Wildman–Crippen LogP) is 1.57. The molecule has 1 atom stereocenters. The van der Waals surface area contributed by atoms with Gasteiger partial charge in [-0.25, -0.2) is 0 Å². The van der Waals surface area contributed by atoms with Crippen molar-refractivity contribution >= 4 is 5.82 Å². The zero-order chi connectivity index (χ0) is 10.7. The lowest BCUT2D eigenvalue weighted by molar-refractivity contribution is 0.0874. The molecule has 2 rings (SSSR count). The van der Waals surface area contributed by atoms with Crippen LogP contribution in [0.25, 0.3) is 0 Å². The van der Waals surface area contributed by atoms with E-state index >= 15 is 0 Å². The first kappa shape index (κ1) is 10.5. The van der Waals surface area contributed by atoms with Gasteiger partial charge in [-0.2, -0.15) is 5.10 Å². The molecular weight excluding hydrogens is 190 g/mol. The lowest BCUT2D eigenvalue weighted by atomic mass is 10.1. The van der Waals surface area contributed by atoms with E-state index < -0.39 is 0 Å². The van der Waals surface area contributed by atoms with Crippen molar-refractivity contribution in [3.05, 3.63) is 11.8 Å². The molecule has 1 fully saturated rings. The summed E-state index contributed by atoms with van der Waals surface area (Å²) in [5.74, 6) is 1.10. The van der Waals surface area contributed by atoms with Gasteiger partial charge in [-0.3, -0.25) is 4.68 Å². The van der Waals surface area contributed by atoms with E-state index in [2.05, 4.69) is 23.4 Å². The summed E-state index contributed by atoms with van der Waals surface area (Å²) in [5.41, 5.74) is 1.14. The molecule has 0 saturated carbocycles. The van der Waals surface area contributed by atoms with Gasteiger partial charge in [-0.1, -0.05) is 6.92 Å². The van der Waals surface area contributed by atoms with Crippen LogP contribution in [0, 0.1) is 0 Å². The van der Waals surface area contributed by atoms with Crippen LogP contribution in [0.5, 0.6) is 0 Å². The van der Waals surface area contributed by atoms with Crippen molar-refractivity contribution in [2.75, 3.05) is 18.5 Å². The first-order valence-electron chi connectivity index (χ1n) is 5.66. The average Bonchev–Trinajstić information content (AvgIpc) is 2.61. The third-order valence-corrected chi connectivity index (χ3v) is 2.80. The second-order valence-electron chi connectivity index (χ2n) is 4.06. The van der Waals surface area contributed by atoms with Crippen LogP contribution in [0.3, 0.4) is 0 Å². The number of anilines is 1. The number of nitrogens with one attached hydrogen (secondary N) is 1. The summed E-state index contributed by atoms with van der Waals surface area (Å²) in [6.07, 6.45) is 3.32. The highest BCUT2D eigenvalue weighted by Gasteiger charge is 2.15. The van der Waals surface area contributed by atoms with E-state index in [0.29, 0.717) is 6.04 Å². The molecular formula is C11H19N3O. The summed E-state index contributed by atoms with van der Waals surface area (Å²) in [6.45, 7) is 3.84. The Morgan fingerprint density at radius 1 is 1.67 bits per heavy atom. The Balaban J connectivity index is 1.99. The molecule has 2 heterocycles. The van der Waals surface area contributed by atoms with Crippen molar-refractivity contribution in [3.63, 3.8) is 0 Å². The summed E-state index contributed by atoms with van der Waals surface area (Å²) in [4.78, 5) is 0. The normalized spacial score (nSPS) is 21.6. The largest absolute Gasteiger partial charge is 0.379 e. The van der Waals surface area contributed by atoms with Crippen molar-refractivity contribution in [2.24, 2.45) is 7.05 Å². The van der Waals surface area contributed by atoms with Crippen LogP contribution in [0.2, 0.25) is 0 Å². The molecule has 0 aromatic carbocycles. The number of rotatable bonds is 3. The van der Waals surface area contributed by atoms with Gasteiger partial charge in [0.2, 0.25) is 0 Å². The molecule has 0 radical (unpaired) electrons. The van der Waals surface area contributed by atoms with E-state index in [1.54, 1.807) is 0 Å². The van der Waals surface area contributed by atoms with E-state index in [-0.39, 0.29) is 0 Å². The molecule has 1 saturated heterocycles. The van der Waals surface area contributed by atoms with Crippen molar-refractivity contribution in [3.8, 4) is 0 Å². The average molecular weight is 209 g/mol. The summed E-state index contributed by atoms with van der Waals surface area (Å²) in [5, 5.41) is 7.89. The number of hydrogen-bond acceptors (Lipinski definition) is 3.